The zero-order valence-electron chi connectivity index (χ0n) is 9.93. The molecule has 0 aliphatic heterocycles. The minimum atomic E-state index is -4.70. The van der Waals surface area contributed by atoms with Gasteiger partial charge in [0.05, 0.1) is 7.11 Å². The molecular weight excluding hydrogens is 287 g/mol. The van der Waals surface area contributed by atoms with Crippen molar-refractivity contribution < 1.29 is 32.3 Å². The van der Waals surface area contributed by atoms with Crippen LogP contribution in [0, 0.1) is 0 Å². The van der Waals surface area contributed by atoms with E-state index in [1.54, 1.807) is 0 Å². The molecule has 5 nitrogen and oxygen atoms in total. The molecule has 0 radical (unpaired) electrons. The van der Waals surface area contributed by atoms with Gasteiger partial charge in [-0.25, -0.2) is 0 Å². The van der Waals surface area contributed by atoms with Gasteiger partial charge in [0.1, 0.15) is 5.75 Å². The highest BCUT2D eigenvalue weighted by atomic mass is 32.2. The van der Waals surface area contributed by atoms with Crippen LogP contribution in [-0.2, 0) is 14.4 Å². The van der Waals surface area contributed by atoms with E-state index in [9.17, 15) is 13.2 Å². The quantitative estimate of drug-likeness (QED) is 0.265. The number of nitrogens with zero attached hydrogens (tertiary/aromatic N) is 1. The van der Waals surface area contributed by atoms with Crippen LogP contribution in [0.2, 0.25) is 0 Å². The Morgan fingerprint density at radius 3 is 2.32 bits per heavy atom. The summed E-state index contributed by atoms with van der Waals surface area (Å²) in [6, 6.07) is 5.14. The minimum absolute atomic E-state index is 0.193. The van der Waals surface area contributed by atoms with Gasteiger partial charge in [-0.2, -0.15) is 18.2 Å². The Kier molecular flexibility index (Phi) is 5.93. The van der Waals surface area contributed by atoms with E-state index < -0.39 is 11.9 Å². The van der Waals surface area contributed by atoms with E-state index in [4.69, 9.17) is 4.74 Å². The summed E-state index contributed by atoms with van der Waals surface area (Å²) >= 11 is 0.747. The number of alkyl halides is 3. The Hall–Kier alpha value is -1.45. The van der Waals surface area contributed by atoms with E-state index in [1.165, 1.54) is 37.6 Å². The van der Waals surface area contributed by atoms with Gasteiger partial charge >= 0.3 is 6.18 Å². The van der Waals surface area contributed by atoms with Crippen molar-refractivity contribution in [3.63, 3.8) is 0 Å². The number of hydrogen-bond donors (Lipinski definition) is 0. The number of oxime groups is 1. The Morgan fingerprint density at radius 1 is 1.21 bits per heavy atom. The predicted octanol–water partition coefficient (Wildman–Crippen LogP) is 3.12. The fourth-order valence-electron chi connectivity index (χ4n) is 1.11. The maximum atomic E-state index is 12.8. The normalized spacial score (nSPS) is 12.4. The van der Waals surface area contributed by atoms with Gasteiger partial charge in [0.15, 0.2) is 5.71 Å². The average Bonchev–Trinajstić information content (AvgIpc) is 2.37. The number of benzene rings is 1. The number of rotatable bonds is 6. The van der Waals surface area contributed by atoms with E-state index >= 15 is 0 Å². The van der Waals surface area contributed by atoms with E-state index in [0.717, 1.165) is 12.0 Å². The molecule has 0 aliphatic carbocycles. The first-order chi connectivity index (χ1) is 8.99. The van der Waals surface area contributed by atoms with Crippen molar-refractivity contribution in [2.75, 3.05) is 13.4 Å². The molecule has 1 aromatic carbocycles. The molecule has 0 spiro atoms. The second kappa shape index (κ2) is 7.22. The van der Waals surface area contributed by atoms with Crippen molar-refractivity contribution >= 4 is 17.8 Å². The first-order valence-corrected chi connectivity index (χ1v) is 5.96. The average molecular weight is 297 g/mol. The maximum absolute atomic E-state index is 12.8. The van der Waals surface area contributed by atoms with Crippen molar-refractivity contribution in [3.8, 4) is 5.75 Å². The number of ether oxygens (including phenoxy) is 1. The zero-order chi connectivity index (χ0) is 14.3. The van der Waals surface area contributed by atoms with Gasteiger partial charge in [-0.05, 0) is 29.4 Å². The van der Waals surface area contributed by atoms with Gasteiger partial charge in [-0.15, -0.1) is 4.33 Å². The first kappa shape index (κ1) is 15.6. The summed E-state index contributed by atoms with van der Waals surface area (Å²) in [4.78, 5) is 3.97. The van der Waals surface area contributed by atoms with Gasteiger partial charge in [-0.1, -0.05) is 0 Å². The van der Waals surface area contributed by atoms with Gasteiger partial charge in [0.25, 0.3) is 0 Å². The van der Waals surface area contributed by atoms with Gasteiger partial charge < -0.3 is 4.74 Å². The van der Waals surface area contributed by atoms with Crippen molar-refractivity contribution in [1.29, 1.82) is 0 Å². The Morgan fingerprint density at radius 2 is 1.84 bits per heavy atom. The molecule has 9 heteroatoms. The van der Waals surface area contributed by atoms with E-state index in [0.29, 0.717) is 5.75 Å². The fraction of sp³-hybridized carbons (Fsp3) is 0.300. The molecule has 0 unspecified atom stereocenters. The lowest BCUT2D eigenvalue weighted by molar-refractivity contribution is -0.462. The van der Waals surface area contributed by atoms with Crippen LogP contribution in [-0.4, -0.2) is 25.3 Å². The van der Waals surface area contributed by atoms with Crippen molar-refractivity contribution in [2.45, 2.75) is 6.18 Å². The minimum Gasteiger partial charge on any atom is -0.497 e. The molecule has 0 aliphatic rings. The molecule has 0 atom stereocenters. The van der Waals surface area contributed by atoms with Crippen LogP contribution in [0.5, 0.6) is 5.75 Å². The van der Waals surface area contributed by atoms with Gasteiger partial charge in [0.2, 0.25) is 0 Å². The highest BCUT2D eigenvalue weighted by molar-refractivity contribution is 7.93. The van der Waals surface area contributed by atoms with E-state index in [-0.39, 0.29) is 5.56 Å². The fourth-order valence-corrected chi connectivity index (χ4v) is 1.19. The largest absolute Gasteiger partial charge is 0.497 e. The van der Waals surface area contributed by atoms with Crippen LogP contribution in [0.1, 0.15) is 5.56 Å². The maximum Gasteiger partial charge on any atom is 0.437 e. The highest BCUT2D eigenvalue weighted by Crippen LogP contribution is 2.24. The molecule has 1 aromatic rings. The predicted molar refractivity (Wildman–Crippen MR) is 62.4 cm³/mol. The van der Waals surface area contributed by atoms with E-state index in [1.807, 2.05) is 0 Å². The lowest BCUT2D eigenvalue weighted by Crippen LogP contribution is -2.24. The van der Waals surface area contributed by atoms with Crippen molar-refractivity contribution in [2.24, 2.45) is 5.16 Å². The van der Waals surface area contributed by atoms with E-state index in [2.05, 4.69) is 19.5 Å². The Bertz CT molecular complexity index is 422. The summed E-state index contributed by atoms with van der Waals surface area (Å²) in [6.07, 6.45) is -3.21. The molecule has 0 saturated heterocycles. The van der Waals surface area contributed by atoms with Crippen LogP contribution < -0.4 is 4.74 Å². The molecule has 1 rings (SSSR count). The third-order valence-corrected chi connectivity index (χ3v) is 2.08. The van der Waals surface area contributed by atoms with Crippen LogP contribution in [0.3, 0.4) is 0 Å². The van der Waals surface area contributed by atoms with Gasteiger partial charge in [0, 0.05) is 28.9 Å². The van der Waals surface area contributed by atoms with Crippen molar-refractivity contribution in [3.05, 3.63) is 29.8 Å². The standard InChI is InChI=1S/C10H10F3NO4S/c1-15-8-5-3-7(4-6-8)9(10(11,12)13)14-16-17-18-19-2/h3-6H,1-2H3. The van der Waals surface area contributed by atoms with Gasteiger partial charge in [-0.3, -0.25) is 0 Å². The molecule has 106 valence electrons. The Labute approximate surface area is 111 Å². The number of methoxy groups -OCH3 is 1. The first-order valence-electron chi connectivity index (χ1n) is 4.82. The summed E-state index contributed by atoms with van der Waals surface area (Å²) in [5.74, 6) is 0.424. The highest BCUT2D eigenvalue weighted by Gasteiger charge is 2.38. The molecule has 0 amide bonds. The van der Waals surface area contributed by atoms with Crippen LogP contribution >= 0.6 is 12.0 Å². The third-order valence-electron chi connectivity index (χ3n) is 1.89. The molecule has 0 fully saturated rings. The molecule has 0 bridgehead atoms. The summed E-state index contributed by atoms with van der Waals surface area (Å²) in [6.45, 7) is 0. The molecule has 0 heterocycles. The molecule has 0 aromatic heterocycles. The van der Waals surface area contributed by atoms with Crippen LogP contribution in [0.15, 0.2) is 29.4 Å². The summed E-state index contributed by atoms with van der Waals surface area (Å²) in [7, 11) is 1.41. The number of halogens is 3. The lowest BCUT2D eigenvalue weighted by atomic mass is 10.1. The second-order valence-corrected chi connectivity index (χ2v) is 3.51. The topological polar surface area (TPSA) is 49.3 Å². The smallest absolute Gasteiger partial charge is 0.437 e. The lowest BCUT2D eigenvalue weighted by Gasteiger charge is -2.09. The molecule has 0 saturated carbocycles. The van der Waals surface area contributed by atoms with Crippen LogP contribution in [0.4, 0.5) is 13.2 Å². The second-order valence-electron chi connectivity index (χ2n) is 3.04. The summed E-state index contributed by atoms with van der Waals surface area (Å²) in [5.41, 5.74) is -1.44. The third kappa shape index (κ3) is 4.97. The SMILES string of the molecule is COc1ccc(C(=NOOOSC)C(F)(F)F)cc1. The summed E-state index contributed by atoms with van der Waals surface area (Å²) < 4.78 is 47.3. The summed E-state index contributed by atoms with van der Waals surface area (Å²) in [5, 5.41) is 6.77. The monoisotopic (exact) mass is 297 g/mol. The van der Waals surface area contributed by atoms with Crippen LogP contribution in [0.25, 0.3) is 0 Å². The molecule has 0 N–H and O–H groups in total. The Balaban J connectivity index is 2.90. The molecule has 19 heavy (non-hydrogen) atoms. The van der Waals surface area contributed by atoms with Crippen molar-refractivity contribution in [1.82, 2.24) is 0 Å². The molecular formula is C10H10F3NO4S. The number of hydrogen-bond acceptors (Lipinski definition) is 6. The zero-order valence-corrected chi connectivity index (χ0v) is 10.7.